The molecule has 1 N–H and O–H groups in total. The fourth-order valence-electron chi connectivity index (χ4n) is 4.95. The Morgan fingerprint density at radius 2 is 1.29 bits per heavy atom. The van der Waals surface area contributed by atoms with Gasteiger partial charge in [-0.3, -0.25) is 0 Å². The summed E-state index contributed by atoms with van der Waals surface area (Å²) < 4.78 is 19.9. The van der Waals surface area contributed by atoms with Crippen LogP contribution >= 0.6 is 0 Å². The van der Waals surface area contributed by atoms with Gasteiger partial charge in [0.2, 0.25) is 0 Å². The second-order valence-corrected chi connectivity index (χ2v) is 10.9. The molecule has 0 atom stereocenters. The molecule has 0 saturated heterocycles. The van der Waals surface area contributed by atoms with Gasteiger partial charge < -0.3 is 9.76 Å². The SMILES string of the molecule is CC(C)(O)C(C)(C)O[B]c1ccc2c(c1)nc(-c1ccc(F)cc1)c1c3ccccc3c3ccccc3c21. The second kappa shape index (κ2) is 8.90. The van der Waals surface area contributed by atoms with Crippen molar-refractivity contribution in [2.75, 3.05) is 0 Å². The Morgan fingerprint density at radius 1 is 0.711 bits per heavy atom. The average Bonchev–Trinajstić information content (AvgIpc) is 2.91. The van der Waals surface area contributed by atoms with E-state index in [0.29, 0.717) is 0 Å². The molecule has 6 aromatic rings. The van der Waals surface area contributed by atoms with Gasteiger partial charge in [-0.05, 0) is 79.6 Å². The van der Waals surface area contributed by atoms with Gasteiger partial charge in [0.15, 0.2) is 0 Å². The zero-order valence-corrected chi connectivity index (χ0v) is 21.9. The number of fused-ring (bicyclic) bond motifs is 8. The molecule has 3 nitrogen and oxygen atoms in total. The van der Waals surface area contributed by atoms with Crippen LogP contribution in [0.4, 0.5) is 4.39 Å². The van der Waals surface area contributed by atoms with Crippen molar-refractivity contribution in [1.29, 1.82) is 0 Å². The highest BCUT2D eigenvalue weighted by Crippen LogP contribution is 2.42. The molecule has 5 heteroatoms. The maximum atomic E-state index is 13.9. The molecule has 0 aliphatic carbocycles. The van der Waals surface area contributed by atoms with Crippen LogP contribution in [0.5, 0.6) is 0 Å². The van der Waals surface area contributed by atoms with E-state index in [0.717, 1.165) is 54.6 Å². The molecule has 1 radical (unpaired) electrons. The Kier molecular flexibility index (Phi) is 5.75. The predicted octanol–water partition coefficient (Wildman–Crippen LogP) is 7.31. The molecule has 5 aromatic carbocycles. The average molecular weight is 500 g/mol. The van der Waals surface area contributed by atoms with E-state index in [1.165, 1.54) is 17.5 Å². The third-order valence-corrected chi connectivity index (χ3v) is 7.77. The van der Waals surface area contributed by atoms with Gasteiger partial charge >= 0.3 is 7.48 Å². The molecule has 0 saturated carbocycles. The molecule has 0 unspecified atom stereocenters. The third kappa shape index (κ3) is 4.03. The first-order valence-electron chi connectivity index (χ1n) is 12.8. The van der Waals surface area contributed by atoms with Crippen LogP contribution in [0, 0.1) is 5.82 Å². The van der Waals surface area contributed by atoms with E-state index in [2.05, 4.69) is 54.6 Å². The Labute approximate surface area is 222 Å². The minimum absolute atomic E-state index is 0.280. The summed E-state index contributed by atoms with van der Waals surface area (Å²) in [7, 11) is 1.68. The summed E-state index contributed by atoms with van der Waals surface area (Å²) in [5.74, 6) is -0.280. The lowest BCUT2D eigenvalue weighted by atomic mass is 9.81. The molecule has 0 fully saturated rings. The molecule has 0 spiro atoms. The van der Waals surface area contributed by atoms with Gasteiger partial charge in [0.1, 0.15) is 5.82 Å². The Balaban J connectivity index is 1.67. The normalized spacial score (nSPS) is 12.6. The number of benzene rings is 5. The topological polar surface area (TPSA) is 42.4 Å². The summed E-state index contributed by atoms with van der Waals surface area (Å²) in [6.07, 6.45) is 0. The van der Waals surface area contributed by atoms with Gasteiger partial charge in [0.25, 0.3) is 0 Å². The first kappa shape index (κ1) is 24.5. The van der Waals surface area contributed by atoms with Crippen LogP contribution in [0.2, 0.25) is 0 Å². The summed E-state index contributed by atoms with van der Waals surface area (Å²) in [6, 6.07) is 29.5. The molecule has 6 rings (SSSR count). The molecular formula is C33H28BFNO2. The van der Waals surface area contributed by atoms with Gasteiger partial charge in [-0.25, -0.2) is 9.37 Å². The maximum Gasteiger partial charge on any atom is 0.330 e. The van der Waals surface area contributed by atoms with E-state index in [-0.39, 0.29) is 5.82 Å². The van der Waals surface area contributed by atoms with E-state index in [1.807, 2.05) is 26.0 Å². The van der Waals surface area contributed by atoms with Crippen molar-refractivity contribution in [3.05, 3.63) is 96.8 Å². The third-order valence-electron chi connectivity index (χ3n) is 7.77. The number of rotatable bonds is 5. The zero-order chi connectivity index (χ0) is 26.7. The number of pyridine rings is 1. The van der Waals surface area contributed by atoms with Crippen LogP contribution in [-0.2, 0) is 4.65 Å². The predicted molar refractivity (Wildman–Crippen MR) is 157 cm³/mol. The van der Waals surface area contributed by atoms with Crippen molar-refractivity contribution in [2.24, 2.45) is 0 Å². The van der Waals surface area contributed by atoms with E-state index in [1.54, 1.807) is 33.5 Å². The number of aliphatic hydroxyl groups is 1. The minimum atomic E-state index is -1.02. The lowest BCUT2D eigenvalue weighted by Gasteiger charge is -2.37. The van der Waals surface area contributed by atoms with Gasteiger partial charge in [-0.1, -0.05) is 66.1 Å². The Morgan fingerprint density at radius 3 is 1.89 bits per heavy atom. The molecule has 1 aromatic heterocycles. The summed E-state index contributed by atoms with van der Waals surface area (Å²) in [6.45, 7) is 7.19. The first-order chi connectivity index (χ1) is 18.1. The summed E-state index contributed by atoms with van der Waals surface area (Å²) in [4.78, 5) is 5.17. The summed E-state index contributed by atoms with van der Waals surface area (Å²) >= 11 is 0. The van der Waals surface area contributed by atoms with Gasteiger partial charge in [0, 0.05) is 21.7 Å². The highest BCUT2D eigenvalue weighted by atomic mass is 19.1. The Hall–Kier alpha value is -3.80. The lowest BCUT2D eigenvalue weighted by molar-refractivity contribution is -0.0893. The fraction of sp³-hybridized carbons (Fsp3) is 0.182. The Bertz CT molecular complexity index is 1840. The van der Waals surface area contributed by atoms with Crippen molar-refractivity contribution in [3.63, 3.8) is 0 Å². The van der Waals surface area contributed by atoms with Crippen molar-refractivity contribution in [1.82, 2.24) is 4.98 Å². The van der Waals surface area contributed by atoms with Crippen molar-refractivity contribution < 1.29 is 14.2 Å². The zero-order valence-electron chi connectivity index (χ0n) is 21.9. The maximum absolute atomic E-state index is 13.9. The number of hydrogen-bond donors (Lipinski definition) is 1. The summed E-state index contributed by atoms with van der Waals surface area (Å²) in [5, 5.41) is 18.3. The molecule has 0 aliphatic rings. The second-order valence-electron chi connectivity index (χ2n) is 10.9. The van der Waals surface area contributed by atoms with E-state index in [9.17, 15) is 9.50 Å². The van der Waals surface area contributed by atoms with Crippen LogP contribution in [0.3, 0.4) is 0 Å². The van der Waals surface area contributed by atoms with E-state index >= 15 is 0 Å². The van der Waals surface area contributed by atoms with E-state index in [4.69, 9.17) is 9.64 Å². The van der Waals surface area contributed by atoms with Crippen LogP contribution in [0.25, 0.3) is 54.5 Å². The molecular weight excluding hydrogens is 472 g/mol. The van der Waals surface area contributed by atoms with Gasteiger partial charge in [-0.2, -0.15) is 0 Å². The largest absolute Gasteiger partial charge is 0.427 e. The lowest BCUT2D eigenvalue weighted by Crippen LogP contribution is -2.49. The molecule has 0 amide bonds. The van der Waals surface area contributed by atoms with Crippen LogP contribution in [-0.4, -0.2) is 28.8 Å². The highest BCUT2D eigenvalue weighted by molar-refractivity contribution is 6.47. The smallest absolute Gasteiger partial charge is 0.330 e. The van der Waals surface area contributed by atoms with Crippen molar-refractivity contribution >= 4 is 56.2 Å². The molecule has 0 bridgehead atoms. The minimum Gasteiger partial charge on any atom is -0.427 e. The summed E-state index contributed by atoms with van der Waals surface area (Å²) in [5.41, 5.74) is 1.52. The number of nitrogens with zero attached hydrogens (tertiary/aromatic N) is 1. The number of halogens is 1. The van der Waals surface area contributed by atoms with Crippen molar-refractivity contribution in [2.45, 2.75) is 38.9 Å². The van der Waals surface area contributed by atoms with Crippen molar-refractivity contribution in [3.8, 4) is 11.3 Å². The highest BCUT2D eigenvalue weighted by Gasteiger charge is 2.35. The first-order valence-corrected chi connectivity index (χ1v) is 12.8. The fourth-order valence-corrected chi connectivity index (χ4v) is 4.95. The quantitative estimate of drug-likeness (QED) is 0.199. The number of hydrogen-bond acceptors (Lipinski definition) is 3. The van der Waals surface area contributed by atoms with Gasteiger partial charge in [0.05, 0.1) is 22.4 Å². The molecule has 38 heavy (non-hydrogen) atoms. The molecule has 1 heterocycles. The van der Waals surface area contributed by atoms with Gasteiger partial charge in [-0.15, -0.1) is 0 Å². The van der Waals surface area contributed by atoms with Crippen LogP contribution in [0.15, 0.2) is 91.0 Å². The number of aromatic nitrogens is 1. The van der Waals surface area contributed by atoms with Crippen LogP contribution < -0.4 is 5.46 Å². The molecule has 0 aliphatic heterocycles. The molecule has 187 valence electrons. The standard InChI is InChI=1S/C33H28BFNO2/c1-32(2,37)33(3,4)38-34-21-15-18-27-28(19-21)36-31(20-13-16-22(35)17-14-20)30-26-12-8-6-10-24(26)23-9-5-7-11-25(23)29(27)30/h5-19,37H,1-4H3. The monoisotopic (exact) mass is 500 g/mol. The van der Waals surface area contributed by atoms with E-state index < -0.39 is 11.2 Å². The van der Waals surface area contributed by atoms with Crippen LogP contribution in [0.1, 0.15) is 27.7 Å².